The highest BCUT2D eigenvalue weighted by molar-refractivity contribution is 5.92. The van der Waals surface area contributed by atoms with Crippen LogP contribution in [0, 0.1) is 0 Å². The molecule has 3 heterocycles. The van der Waals surface area contributed by atoms with Crippen molar-refractivity contribution in [3.05, 3.63) is 82.6 Å². The molecular formula is C32H40N2O6. The fraction of sp³-hybridized carbons (Fsp3) is 0.500. The number of hydrogen-bond acceptors (Lipinski definition) is 7. The van der Waals surface area contributed by atoms with Crippen molar-refractivity contribution in [2.24, 2.45) is 0 Å². The second kappa shape index (κ2) is 13.4. The molecule has 8 nitrogen and oxygen atoms in total. The van der Waals surface area contributed by atoms with Gasteiger partial charge in [-0.15, -0.1) is 0 Å². The standard InChI is InChI=1S/C32H40N2O6/c1-38-32(37)26-11-9-25(10-12-26)27-19-29(40-30(20-27)39-22-24-7-5-23(21-35)6-8-24)31(36)34-17-13-28(14-18-34)33-15-3-2-4-16-33/h5-12,19,27-28,30,35H,2-4,13-18,20-22H2,1H3/t27-,30+/m1/s1. The van der Waals surface area contributed by atoms with Crippen molar-refractivity contribution in [1.82, 2.24) is 9.80 Å². The van der Waals surface area contributed by atoms with Crippen molar-refractivity contribution >= 4 is 11.9 Å². The molecule has 2 aromatic carbocycles. The molecule has 5 rings (SSSR count). The molecule has 1 amide bonds. The lowest BCUT2D eigenvalue weighted by atomic mass is 9.92. The zero-order valence-corrected chi connectivity index (χ0v) is 23.3. The minimum atomic E-state index is -0.599. The van der Waals surface area contributed by atoms with Gasteiger partial charge in [0.1, 0.15) is 0 Å². The minimum Gasteiger partial charge on any atom is -0.465 e. The van der Waals surface area contributed by atoms with E-state index in [-0.39, 0.29) is 24.4 Å². The monoisotopic (exact) mass is 548 g/mol. The Balaban J connectivity index is 1.28. The van der Waals surface area contributed by atoms with Crippen molar-refractivity contribution < 1.29 is 28.9 Å². The molecule has 2 fully saturated rings. The van der Waals surface area contributed by atoms with Crippen LogP contribution in [-0.4, -0.2) is 72.4 Å². The predicted molar refractivity (Wildman–Crippen MR) is 150 cm³/mol. The lowest BCUT2D eigenvalue weighted by Gasteiger charge is -2.40. The summed E-state index contributed by atoms with van der Waals surface area (Å²) in [6, 6.07) is 15.4. The second-order valence-electron chi connectivity index (χ2n) is 10.9. The van der Waals surface area contributed by atoms with Crippen LogP contribution in [0.25, 0.3) is 0 Å². The van der Waals surface area contributed by atoms with Gasteiger partial charge in [-0.2, -0.15) is 0 Å². The van der Waals surface area contributed by atoms with E-state index in [2.05, 4.69) is 4.90 Å². The number of amides is 1. The van der Waals surface area contributed by atoms with Gasteiger partial charge in [0, 0.05) is 31.5 Å². The number of esters is 1. The Kier molecular flexibility index (Phi) is 9.52. The Hall–Kier alpha value is -3.20. The third-order valence-corrected chi connectivity index (χ3v) is 8.33. The highest BCUT2D eigenvalue weighted by Gasteiger charge is 2.34. The molecule has 2 aromatic rings. The number of carbonyl (C=O) groups is 2. The van der Waals surface area contributed by atoms with Crippen LogP contribution in [0.15, 0.2) is 60.4 Å². The second-order valence-corrected chi connectivity index (χ2v) is 10.9. The number of aliphatic hydroxyl groups is 1. The quantitative estimate of drug-likeness (QED) is 0.490. The summed E-state index contributed by atoms with van der Waals surface area (Å²) >= 11 is 0. The Morgan fingerprint density at radius 3 is 2.25 bits per heavy atom. The van der Waals surface area contributed by atoms with Crippen LogP contribution in [0.5, 0.6) is 0 Å². The first-order chi connectivity index (χ1) is 19.5. The summed E-state index contributed by atoms with van der Waals surface area (Å²) in [7, 11) is 1.37. The Labute approximate surface area is 236 Å². The molecule has 1 N–H and O–H groups in total. The molecule has 214 valence electrons. The van der Waals surface area contributed by atoms with Gasteiger partial charge in [-0.25, -0.2) is 4.79 Å². The maximum atomic E-state index is 13.7. The Morgan fingerprint density at radius 2 is 1.60 bits per heavy atom. The average molecular weight is 549 g/mol. The fourth-order valence-electron chi connectivity index (χ4n) is 5.93. The summed E-state index contributed by atoms with van der Waals surface area (Å²) in [4.78, 5) is 30.1. The number of aliphatic hydroxyl groups excluding tert-OH is 1. The van der Waals surface area contributed by atoms with Gasteiger partial charge in [0.15, 0.2) is 5.76 Å². The number of hydrogen-bond donors (Lipinski definition) is 1. The van der Waals surface area contributed by atoms with Crippen LogP contribution in [0.3, 0.4) is 0 Å². The smallest absolute Gasteiger partial charge is 0.337 e. The molecule has 8 heteroatoms. The van der Waals surface area contributed by atoms with E-state index in [9.17, 15) is 14.7 Å². The molecule has 3 aliphatic heterocycles. The Bertz CT molecular complexity index is 1160. The number of nitrogens with zero attached hydrogens (tertiary/aromatic N) is 2. The highest BCUT2D eigenvalue weighted by atomic mass is 16.7. The first kappa shape index (κ1) is 28.3. The molecule has 0 spiro atoms. The van der Waals surface area contributed by atoms with Crippen molar-refractivity contribution in [2.45, 2.75) is 70.0 Å². The van der Waals surface area contributed by atoms with Gasteiger partial charge in [0.05, 0.1) is 25.9 Å². The molecule has 40 heavy (non-hydrogen) atoms. The number of methoxy groups -OCH3 is 1. The van der Waals surface area contributed by atoms with Gasteiger partial charge in [0.2, 0.25) is 6.29 Å². The van der Waals surface area contributed by atoms with Gasteiger partial charge in [-0.3, -0.25) is 4.79 Å². The number of likely N-dealkylation sites (tertiary alicyclic amines) is 2. The van der Waals surface area contributed by atoms with E-state index in [1.165, 1.54) is 39.5 Å². The lowest BCUT2D eigenvalue weighted by Crippen LogP contribution is -2.49. The van der Waals surface area contributed by atoms with E-state index in [1.54, 1.807) is 12.1 Å². The maximum absolute atomic E-state index is 13.7. The van der Waals surface area contributed by atoms with E-state index in [4.69, 9.17) is 14.2 Å². The van der Waals surface area contributed by atoms with Crippen LogP contribution in [0.1, 0.15) is 71.5 Å². The van der Waals surface area contributed by atoms with Gasteiger partial charge in [-0.05, 0) is 73.7 Å². The summed E-state index contributed by atoms with van der Waals surface area (Å²) in [5.41, 5.74) is 3.26. The summed E-state index contributed by atoms with van der Waals surface area (Å²) < 4.78 is 17.2. The first-order valence-electron chi connectivity index (χ1n) is 14.4. The van der Waals surface area contributed by atoms with Crippen LogP contribution in [0.2, 0.25) is 0 Å². The van der Waals surface area contributed by atoms with Crippen LogP contribution in [0.4, 0.5) is 0 Å². The predicted octanol–water partition coefficient (Wildman–Crippen LogP) is 4.37. The SMILES string of the molecule is COC(=O)c1ccc([C@@H]2C=C(C(=O)N3CCC(N4CCCCC4)CC3)O[C@H](OCc3ccc(CO)cc3)C2)cc1. The topological polar surface area (TPSA) is 88.5 Å². The maximum Gasteiger partial charge on any atom is 0.337 e. The highest BCUT2D eigenvalue weighted by Crippen LogP contribution is 2.33. The van der Waals surface area contributed by atoms with E-state index in [1.807, 2.05) is 47.4 Å². The number of piperidine rings is 2. The minimum absolute atomic E-state index is 0.00509. The third-order valence-electron chi connectivity index (χ3n) is 8.33. The molecule has 0 bridgehead atoms. The Morgan fingerprint density at radius 1 is 0.925 bits per heavy atom. The van der Waals surface area contributed by atoms with Crippen molar-refractivity contribution in [2.75, 3.05) is 33.3 Å². The number of rotatable bonds is 8. The molecule has 0 aliphatic carbocycles. The van der Waals surface area contributed by atoms with Crippen molar-refractivity contribution in [3.63, 3.8) is 0 Å². The molecule has 0 radical (unpaired) electrons. The fourth-order valence-corrected chi connectivity index (χ4v) is 5.93. The van der Waals surface area contributed by atoms with Gasteiger partial charge >= 0.3 is 5.97 Å². The zero-order chi connectivity index (χ0) is 27.9. The number of allylic oxidation sites excluding steroid dienone is 1. The molecule has 0 unspecified atom stereocenters. The summed E-state index contributed by atoms with van der Waals surface area (Å²) in [5, 5.41) is 9.31. The molecule has 2 atom stereocenters. The van der Waals surface area contributed by atoms with Gasteiger partial charge in [0.25, 0.3) is 5.91 Å². The van der Waals surface area contributed by atoms with Crippen molar-refractivity contribution in [3.8, 4) is 0 Å². The molecular weight excluding hydrogens is 508 g/mol. The van der Waals surface area contributed by atoms with Crippen molar-refractivity contribution in [1.29, 1.82) is 0 Å². The molecule has 3 aliphatic rings. The number of benzene rings is 2. The number of ether oxygens (including phenoxy) is 3. The van der Waals surface area contributed by atoms with Crippen LogP contribution in [-0.2, 0) is 32.2 Å². The van der Waals surface area contributed by atoms with E-state index < -0.39 is 6.29 Å². The third kappa shape index (κ3) is 6.92. The normalized spacial score (nSPS) is 22.4. The number of carbonyl (C=O) groups excluding carboxylic acids is 2. The average Bonchev–Trinajstić information content (AvgIpc) is 3.03. The summed E-state index contributed by atoms with van der Waals surface area (Å²) in [6.07, 6.45) is 7.69. The van der Waals surface area contributed by atoms with Gasteiger partial charge < -0.3 is 29.1 Å². The van der Waals surface area contributed by atoms with E-state index >= 15 is 0 Å². The lowest BCUT2D eigenvalue weighted by molar-refractivity contribution is -0.157. The molecule has 0 saturated carbocycles. The zero-order valence-electron chi connectivity index (χ0n) is 23.3. The molecule has 0 aromatic heterocycles. The molecule has 2 saturated heterocycles. The van der Waals surface area contributed by atoms with E-state index in [0.29, 0.717) is 30.4 Å². The first-order valence-corrected chi connectivity index (χ1v) is 14.4. The largest absolute Gasteiger partial charge is 0.465 e. The van der Waals surface area contributed by atoms with Crippen LogP contribution >= 0.6 is 0 Å². The summed E-state index contributed by atoms with van der Waals surface area (Å²) in [6.45, 7) is 4.11. The summed E-state index contributed by atoms with van der Waals surface area (Å²) in [5.74, 6) is -0.252. The van der Waals surface area contributed by atoms with E-state index in [0.717, 1.165) is 42.6 Å². The van der Waals surface area contributed by atoms with Crippen LogP contribution < -0.4 is 0 Å². The van der Waals surface area contributed by atoms with Gasteiger partial charge in [-0.1, -0.05) is 42.8 Å².